The highest BCUT2D eigenvalue weighted by Gasteiger charge is 2.18. The van der Waals surface area contributed by atoms with Gasteiger partial charge >= 0.3 is 5.97 Å². The van der Waals surface area contributed by atoms with Crippen molar-refractivity contribution in [2.75, 3.05) is 5.32 Å². The lowest BCUT2D eigenvalue weighted by Gasteiger charge is -2.15. The standard InChI is InChI=1S/C29H27ClN2O3/c1-2-3-7-28(29(33)34)35-26-16-14-23(15-17-26)31-25-6-4-5-20(18-25)8-12-24-13-10-21-9-11-22(30)19-27(21)32-24/h4-6,8-19,28,31H,2-3,7H2,1H3,(H,33,34). The molecule has 0 saturated heterocycles. The summed E-state index contributed by atoms with van der Waals surface area (Å²) in [5.74, 6) is -0.395. The Balaban J connectivity index is 1.41. The fourth-order valence-corrected chi connectivity index (χ4v) is 3.84. The first-order valence-corrected chi connectivity index (χ1v) is 12.0. The number of halogens is 1. The molecule has 4 rings (SSSR count). The molecule has 0 aliphatic carbocycles. The third-order valence-electron chi connectivity index (χ3n) is 5.53. The van der Waals surface area contributed by atoms with Crippen LogP contribution >= 0.6 is 11.6 Å². The number of carboxylic acid groups (broad SMARTS) is 1. The maximum Gasteiger partial charge on any atom is 0.344 e. The highest BCUT2D eigenvalue weighted by molar-refractivity contribution is 6.31. The summed E-state index contributed by atoms with van der Waals surface area (Å²) in [5, 5.41) is 14.5. The minimum atomic E-state index is -0.937. The Labute approximate surface area is 210 Å². The van der Waals surface area contributed by atoms with Gasteiger partial charge in [-0.05, 0) is 79.1 Å². The molecule has 2 N–H and O–H groups in total. The Bertz CT molecular complexity index is 1340. The van der Waals surface area contributed by atoms with E-state index in [9.17, 15) is 9.90 Å². The molecular weight excluding hydrogens is 460 g/mol. The van der Waals surface area contributed by atoms with Gasteiger partial charge in [0.1, 0.15) is 5.75 Å². The number of carbonyl (C=O) groups is 1. The maximum absolute atomic E-state index is 11.4. The van der Waals surface area contributed by atoms with Crippen molar-refractivity contribution in [3.8, 4) is 5.75 Å². The smallest absolute Gasteiger partial charge is 0.344 e. The summed E-state index contributed by atoms with van der Waals surface area (Å²) in [6.07, 6.45) is 5.40. The summed E-state index contributed by atoms with van der Waals surface area (Å²) in [5.41, 5.74) is 4.57. The topological polar surface area (TPSA) is 71.5 Å². The second-order valence-electron chi connectivity index (χ2n) is 8.27. The van der Waals surface area contributed by atoms with Crippen LogP contribution in [0.5, 0.6) is 5.75 Å². The number of nitrogens with one attached hydrogen (secondary N) is 1. The number of unbranched alkanes of at least 4 members (excludes halogenated alkanes) is 1. The number of anilines is 2. The minimum Gasteiger partial charge on any atom is -0.479 e. The molecule has 1 aromatic heterocycles. The molecule has 1 heterocycles. The zero-order valence-corrected chi connectivity index (χ0v) is 20.2. The number of fused-ring (bicyclic) bond motifs is 1. The monoisotopic (exact) mass is 486 g/mol. The third-order valence-corrected chi connectivity index (χ3v) is 5.76. The molecule has 178 valence electrons. The first-order valence-electron chi connectivity index (χ1n) is 11.6. The zero-order valence-electron chi connectivity index (χ0n) is 19.4. The van der Waals surface area contributed by atoms with Gasteiger partial charge in [0.2, 0.25) is 0 Å². The summed E-state index contributed by atoms with van der Waals surface area (Å²) in [6.45, 7) is 2.03. The molecule has 3 aromatic carbocycles. The predicted octanol–water partition coefficient (Wildman–Crippen LogP) is 7.82. The van der Waals surface area contributed by atoms with Crippen molar-refractivity contribution in [3.05, 3.63) is 95.1 Å². The number of ether oxygens (including phenoxy) is 1. The molecule has 6 heteroatoms. The fraction of sp³-hybridized carbons (Fsp3) is 0.172. The Hall–Kier alpha value is -3.83. The van der Waals surface area contributed by atoms with Gasteiger partial charge in [0, 0.05) is 21.8 Å². The van der Waals surface area contributed by atoms with E-state index in [4.69, 9.17) is 16.3 Å². The number of carboxylic acids is 1. The quantitative estimate of drug-likeness (QED) is 0.239. The van der Waals surface area contributed by atoms with Crippen LogP contribution in [0.4, 0.5) is 11.4 Å². The number of rotatable bonds is 10. The van der Waals surface area contributed by atoms with Crippen molar-refractivity contribution in [3.63, 3.8) is 0 Å². The van der Waals surface area contributed by atoms with E-state index in [2.05, 4.69) is 10.3 Å². The molecule has 1 unspecified atom stereocenters. The molecule has 35 heavy (non-hydrogen) atoms. The van der Waals surface area contributed by atoms with Crippen LogP contribution < -0.4 is 10.1 Å². The lowest BCUT2D eigenvalue weighted by atomic mass is 10.1. The number of aromatic nitrogens is 1. The van der Waals surface area contributed by atoms with E-state index in [1.807, 2.05) is 85.8 Å². The van der Waals surface area contributed by atoms with Crippen LogP contribution in [-0.4, -0.2) is 22.2 Å². The van der Waals surface area contributed by atoms with E-state index in [0.717, 1.165) is 46.4 Å². The van der Waals surface area contributed by atoms with Crippen molar-refractivity contribution in [1.29, 1.82) is 0 Å². The molecule has 5 nitrogen and oxygen atoms in total. The second-order valence-corrected chi connectivity index (χ2v) is 8.70. The fourth-order valence-electron chi connectivity index (χ4n) is 3.67. The highest BCUT2D eigenvalue weighted by Crippen LogP contribution is 2.23. The number of aliphatic carboxylic acids is 1. The molecular formula is C29H27ClN2O3. The molecule has 0 aliphatic heterocycles. The van der Waals surface area contributed by atoms with Gasteiger partial charge in [0.05, 0.1) is 11.2 Å². The average molecular weight is 487 g/mol. The third kappa shape index (κ3) is 6.84. The van der Waals surface area contributed by atoms with Gasteiger partial charge in [-0.25, -0.2) is 9.78 Å². The van der Waals surface area contributed by atoms with Gasteiger partial charge in [-0.1, -0.05) is 55.3 Å². The normalized spacial score (nSPS) is 12.1. The number of nitrogens with zero attached hydrogens (tertiary/aromatic N) is 1. The molecule has 0 saturated carbocycles. The summed E-state index contributed by atoms with van der Waals surface area (Å²) in [6, 6.07) is 25.1. The van der Waals surface area contributed by atoms with Gasteiger partial charge in [0.25, 0.3) is 0 Å². The van der Waals surface area contributed by atoms with Crippen LogP contribution in [0.3, 0.4) is 0 Å². The van der Waals surface area contributed by atoms with Gasteiger partial charge in [0.15, 0.2) is 6.10 Å². The van der Waals surface area contributed by atoms with Crippen LogP contribution in [0, 0.1) is 0 Å². The molecule has 0 bridgehead atoms. The molecule has 1 atom stereocenters. The van der Waals surface area contributed by atoms with Crippen molar-refractivity contribution in [2.45, 2.75) is 32.3 Å². The Morgan fingerprint density at radius 2 is 1.83 bits per heavy atom. The number of pyridine rings is 1. The molecule has 0 spiro atoms. The Morgan fingerprint density at radius 3 is 2.60 bits per heavy atom. The average Bonchev–Trinajstić information content (AvgIpc) is 2.86. The van der Waals surface area contributed by atoms with E-state index in [1.54, 1.807) is 12.1 Å². The summed E-state index contributed by atoms with van der Waals surface area (Å²) >= 11 is 6.09. The van der Waals surface area contributed by atoms with Crippen molar-refractivity contribution in [2.24, 2.45) is 0 Å². The van der Waals surface area contributed by atoms with Crippen LogP contribution in [0.25, 0.3) is 23.1 Å². The molecule has 4 aromatic rings. The Kier molecular flexibility index (Phi) is 8.01. The van der Waals surface area contributed by atoms with E-state index in [-0.39, 0.29) is 0 Å². The van der Waals surface area contributed by atoms with E-state index >= 15 is 0 Å². The highest BCUT2D eigenvalue weighted by atomic mass is 35.5. The van der Waals surface area contributed by atoms with Crippen molar-refractivity contribution < 1.29 is 14.6 Å². The van der Waals surface area contributed by atoms with Crippen LogP contribution in [0.1, 0.15) is 37.4 Å². The van der Waals surface area contributed by atoms with E-state index < -0.39 is 12.1 Å². The zero-order chi connectivity index (χ0) is 24.6. The first-order chi connectivity index (χ1) is 17.0. The predicted molar refractivity (Wildman–Crippen MR) is 143 cm³/mol. The van der Waals surface area contributed by atoms with E-state index in [1.165, 1.54) is 0 Å². The summed E-state index contributed by atoms with van der Waals surface area (Å²) < 4.78 is 5.66. The van der Waals surface area contributed by atoms with Crippen LogP contribution in [0.15, 0.2) is 78.9 Å². The van der Waals surface area contributed by atoms with E-state index in [0.29, 0.717) is 17.2 Å². The molecule has 0 radical (unpaired) electrons. The summed E-state index contributed by atoms with van der Waals surface area (Å²) in [4.78, 5) is 16.1. The van der Waals surface area contributed by atoms with Gasteiger partial charge < -0.3 is 15.2 Å². The molecule has 0 fully saturated rings. The van der Waals surface area contributed by atoms with Crippen molar-refractivity contribution >= 4 is 52.0 Å². The van der Waals surface area contributed by atoms with Gasteiger partial charge in [-0.3, -0.25) is 0 Å². The minimum absolute atomic E-state index is 0.495. The Morgan fingerprint density at radius 1 is 1.03 bits per heavy atom. The molecule has 0 aliphatic rings. The van der Waals surface area contributed by atoms with Crippen molar-refractivity contribution in [1.82, 2.24) is 4.98 Å². The maximum atomic E-state index is 11.4. The lowest BCUT2D eigenvalue weighted by molar-refractivity contribution is -0.145. The summed E-state index contributed by atoms with van der Waals surface area (Å²) in [7, 11) is 0. The number of hydrogen-bond acceptors (Lipinski definition) is 4. The van der Waals surface area contributed by atoms with Gasteiger partial charge in [-0.15, -0.1) is 0 Å². The number of benzene rings is 3. The molecule has 0 amide bonds. The SMILES string of the molecule is CCCCC(Oc1ccc(Nc2cccc(C=Cc3ccc4ccc(Cl)cc4n3)c2)cc1)C(=O)O. The van der Waals surface area contributed by atoms with Crippen LogP contribution in [-0.2, 0) is 4.79 Å². The van der Waals surface area contributed by atoms with Crippen LogP contribution in [0.2, 0.25) is 5.02 Å². The first kappa shape index (κ1) is 24.3. The van der Waals surface area contributed by atoms with Gasteiger partial charge in [-0.2, -0.15) is 0 Å². The lowest BCUT2D eigenvalue weighted by Crippen LogP contribution is -2.26. The second kappa shape index (κ2) is 11.5. The largest absolute Gasteiger partial charge is 0.479 e. The number of hydrogen-bond donors (Lipinski definition) is 2.